The van der Waals surface area contributed by atoms with Gasteiger partial charge in [-0.1, -0.05) is 63.4 Å². The molecule has 0 atom stereocenters. The topological polar surface area (TPSA) is 50.4 Å². The maximum atomic E-state index is 6.03. The van der Waals surface area contributed by atoms with Gasteiger partial charge in [-0.3, -0.25) is 4.99 Å². The molecule has 3 N–H and O–H groups in total. The van der Waals surface area contributed by atoms with Gasteiger partial charge in [0.2, 0.25) is 0 Å². The Labute approximate surface area is 145 Å². The molecule has 1 aliphatic carbocycles. The molecular weight excluding hydrogens is 373 g/mol. The maximum Gasteiger partial charge on any atom is 0.188 e. The summed E-state index contributed by atoms with van der Waals surface area (Å²) in [4.78, 5) is 4.55. The Morgan fingerprint density at radius 1 is 1.19 bits per heavy atom. The number of guanidine groups is 1. The van der Waals surface area contributed by atoms with Gasteiger partial charge >= 0.3 is 0 Å². The van der Waals surface area contributed by atoms with Crippen molar-refractivity contribution in [2.24, 2.45) is 10.7 Å². The number of hydrogen-bond acceptors (Lipinski definition) is 1. The number of hydrogen-bond donors (Lipinski definition) is 2. The van der Waals surface area contributed by atoms with Crippen LogP contribution in [0.3, 0.4) is 0 Å². The van der Waals surface area contributed by atoms with Crippen LogP contribution in [0.25, 0.3) is 0 Å². The van der Waals surface area contributed by atoms with Gasteiger partial charge in [0.1, 0.15) is 0 Å². The van der Waals surface area contributed by atoms with Crippen LogP contribution in [0.1, 0.15) is 51.5 Å². The Morgan fingerprint density at radius 3 is 2.43 bits per heavy atom. The number of nitrogens with one attached hydrogen (secondary N) is 1. The predicted molar refractivity (Wildman–Crippen MR) is 101 cm³/mol. The maximum absolute atomic E-state index is 6.03. The van der Waals surface area contributed by atoms with Crippen molar-refractivity contribution in [1.82, 2.24) is 5.32 Å². The third-order valence-corrected chi connectivity index (χ3v) is 4.16. The zero-order chi connectivity index (χ0) is 14.4. The Morgan fingerprint density at radius 2 is 1.81 bits per heavy atom. The van der Waals surface area contributed by atoms with E-state index in [4.69, 9.17) is 5.73 Å². The number of rotatable bonds is 4. The van der Waals surface area contributed by atoms with Crippen LogP contribution in [0, 0.1) is 0 Å². The minimum atomic E-state index is 0. The molecule has 0 aromatic heterocycles. The number of halogens is 1. The SMILES string of the molecule is CC(C)(CN=C(N)NC1CCCCC1)c1ccccc1.I. The Kier molecular flexibility index (Phi) is 7.49. The highest BCUT2D eigenvalue weighted by atomic mass is 127. The summed E-state index contributed by atoms with van der Waals surface area (Å²) < 4.78 is 0. The van der Waals surface area contributed by atoms with Gasteiger partial charge < -0.3 is 11.1 Å². The molecule has 1 saturated carbocycles. The van der Waals surface area contributed by atoms with Crippen molar-refractivity contribution in [3.05, 3.63) is 35.9 Å². The largest absolute Gasteiger partial charge is 0.370 e. The van der Waals surface area contributed by atoms with Gasteiger partial charge in [0.15, 0.2) is 5.96 Å². The van der Waals surface area contributed by atoms with Gasteiger partial charge in [0, 0.05) is 11.5 Å². The summed E-state index contributed by atoms with van der Waals surface area (Å²) in [6, 6.07) is 11.0. The van der Waals surface area contributed by atoms with Crippen molar-refractivity contribution in [1.29, 1.82) is 0 Å². The van der Waals surface area contributed by atoms with E-state index in [1.165, 1.54) is 37.7 Å². The Balaban J connectivity index is 0.00000220. The predicted octanol–water partition coefficient (Wildman–Crippen LogP) is 3.82. The average molecular weight is 401 g/mol. The van der Waals surface area contributed by atoms with Crippen molar-refractivity contribution in [2.45, 2.75) is 57.4 Å². The third kappa shape index (κ3) is 5.85. The van der Waals surface area contributed by atoms with E-state index in [-0.39, 0.29) is 29.4 Å². The molecule has 1 fully saturated rings. The van der Waals surface area contributed by atoms with E-state index in [1.54, 1.807) is 0 Å². The van der Waals surface area contributed by atoms with Crippen molar-refractivity contribution >= 4 is 29.9 Å². The van der Waals surface area contributed by atoms with E-state index < -0.39 is 0 Å². The molecule has 0 heterocycles. The van der Waals surface area contributed by atoms with Crippen molar-refractivity contribution in [3.63, 3.8) is 0 Å². The number of nitrogens with two attached hydrogens (primary N) is 1. The van der Waals surface area contributed by atoms with Crippen molar-refractivity contribution in [2.75, 3.05) is 6.54 Å². The fourth-order valence-corrected chi connectivity index (χ4v) is 2.77. The summed E-state index contributed by atoms with van der Waals surface area (Å²) in [6.45, 7) is 5.13. The molecule has 1 aromatic carbocycles. The first-order valence-corrected chi connectivity index (χ1v) is 7.70. The van der Waals surface area contributed by atoms with Crippen molar-refractivity contribution < 1.29 is 0 Å². The summed E-state index contributed by atoms with van der Waals surface area (Å²) in [7, 11) is 0. The first-order chi connectivity index (χ1) is 9.58. The van der Waals surface area contributed by atoms with Gasteiger partial charge in [-0.2, -0.15) is 0 Å². The van der Waals surface area contributed by atoms with E-state index in [0.29, 0.717) is 18.5 Å². The molecule has 21 heavy (non-hydrogen) atoms. The fraction of sp³-hybridized carbons (Fsp3) is 0.588. The van der Waals surface area contributed by atoms with Crippen LogP contribution in [0.15, 0.2) is 35.3 Å². The van der Waals surface area contributed by atoms with Gasteiger partial charge in [-0.15, -0.1) is 24.0 Å². The van der Waals surface area contributed by atoms with Gasteiger partial charge in [-0.05, 0) is 18.4 Å². The summed E-state index contributed by atoms with van der Waals surface area (Å²) in [5.41, 5.74) is 7.34. The van der Waals surface area contributed by atoms with Gasteiger partial charge in [0.05, 0.1) is 6.54 Å². The molecule has 0 unspecified atom stereocenters. The zero-order valence-electron chi connectivity index (χ0n) is 13.1. The zero-order valence-corrected chi connectivity index (χ0v) is 15.5. The van der Waals surface area contributed by atoms with Crippen LogP contribution in [-0.2, 0) is 5.41 Å². The smallest absolute Gasteiger partial charge is 0.188 e. The second-order valence-corrected chi connectivity index (χ2v) is 6.43. The van der Waals surface area contributed by atoms with E-state index in [1.807, 2.05) is 6.07 Å². The second kappa shape index (κ2) is 8.61. The van der Waals surface area contributed by atoms with Gasteiger partial charge in [0.25, 0.3) is 0 Å². The van der Waals surface area contributed by atoms with Crippen LogP contribution in [0.2, 0.25) is 0 Å². The van der Waals surface area contributed by atoms with Crippen LogP contribution >= 0.6 is 24.0 Å². The number of benzene rings is 1. The number of aliphatic imine (C=N–C) groups is 1. The van der Waals surface area contributed by atoms with Crippen LogP contribution in [-0.4, -0.2) is 18.5 Å². The van der Waals surface area contributed by atoms with Crippen LogP contribution in [0.5, 0.6) is 0 Å². The molecule has 0 radical (unpaired) electrons. The Hall–Kier alpha value is -0.780. The van der Waals surface area contributed by atoms with E-state index in [9.17, 15) is 0 Å². The highest BCUT2D eigenvalue weighted by molar-refractivity contribution is 14.0. The minimum absolute atomic E-state index is 0. The number of nitrogens with zero attached hydrogens (tertiary/aromatic N) is 1. The molecule has 2 rings (SSSR count). The van der Waals surface area contributed by atoms with E-state index in [0.717, 1.165) is 0 Å². The lowest BCUT2D eigenvalue weighted by Gasteiger charge is -2.25. The lowest BCUT2D eigenvalue weighted by atomic mass is 9.85. The lowest BCUT2D eigenvalue weighted by molar-refractivity contribution is 0.411. The molecule has 0 spiro atoms. The van der Waals surface area contributed by atoms with Gasteiger partial charge in [-0.25, -0.2) is 0 Å². The fourth-order valence-electron chi connectivity index (χ4n) is 2.77. The molecule has 0 saturated heterocycles. The summed E-state index contributed by atoms with van der Waals surface area (Å²) in [6.07, 6.45) is 6.41. The van der Waals surface area contributed by atoms with E-state index in [2.05, 4.69) is 48.4 Å². The first-order valence-electron chi connectivity index (χ1n) is 7.70. The summed E-state index contributed by atoms with van der Waals surface area (Å²) in [5.74, 6) is 0.598. The molecule has 1 aliphatic rings. The molecule has 1 aromatic rings. The lowest BCUT2D eigenvalue weighted by Crippen LogP contribution is -2.41. The summed E-state index contributed by atoms with van der Waals surface area (Å²) >= 11 is 0. The first kappa shape index (κ1) is 18.3. The van der Waals surface area contributed by atoms with E-state index >= 15 is 0 Å². The molecular formula is C17H28IN3. The molecule has 0 aliphatic heterocycles. The van der Waals surface area contributed by atoms with Crippen molar-refractivity contribution in [3.8, 4) is 0 Å². The molecule has 0 bridgehead atoms. The molecule has 4 heteroatoms. The van der Waals surface area contributed by atoms with Crippen LogP contribution in [0.4, 0.5) is 0 Å². The van der Waals surface area contributed by atoms with Crippen LogP contribution < -0.4 is 11.1 Å². The quantitative estimate of drug-likeness (QED) is 0.458. The second-order valence-electron chi connectivity index (χ2n) is 6.43. The average Bonchev–Trinajstić information content (AvgIpc) is 2.47. The molecule has 0 amide bonds. The molecule has 3 nitrogen and oxygen atoms in total. The highest BCUT2D eigenvalue weighted by Gasteiger charge is 2.20. The molecule has 118 valence electrons. The standard InChI is InChI=1S/C17H27N3.HI/c1-17(2,14-9-5-3-6-10-14)13-19-16(18)20-15-11-7-4-8-12-15;/h3,5-6,9-10,15H,4,7-8,11-13H2,1-2H3,(H3,18,19,20);1H. The normalized spacial score (nSPS) is 17.1. The minimum Gasteiger partial charge on any atom is -0.370 e. The monoisotopic (exact) mass is 401 g/mol. The Bertz CT molecular complexity index is 437. The summed E-state index contributed by atoms with van der Waals surface area (Å²) in [5, 5.41) is 3.37. The third-order valence-electron chi connectivity index (χ3n) is 4.16. The highest BCUT2D eigenvalue weighted by Crippen LogP contribution is 2.23.